The second-order valence-corrected chi connectivity index (χ2v) is 5.13. The van der Waals surface area contributed by atoms with Gasteiger partial charge < -0.3 is 20.8 Å². The maximum absolute atomic E-state index is 10.7. The summed E-state index contributed by atoms with van der Waals surface area (Å²) in [6.07, 6.45) is 3.54. The molecular formula is C17H15Cl2CuN2O6+. The van der Waals surface area contributed by atoms with E-state index in [1.165, 1.54) is 0 Å². The maximum Gasteiger partial charge on any atom is 2.00 e. The maximum atomic E-state index is 10.7. The van der Waals surface area contributed by atoms with E-state index >= 15 is 0 Å². The van der Waals surface area contributed by atoms with Crippen molar-refractivity contribution in [2.45, 2.75) is 0 Å². The Hall–Kier alpha value is -2.26. The fourth-order valence-corrected chi connectivity index (χ4v) is 1.98. The summed E-state index contributed by atoms with van der Waals surface area (Å²) in [7, 11) is 1.00. The Kier molecular flexibility index (Phi) is 13.8. The summed E-state index contributed by atoms with van der Waals surface area (Å²) in [5, 5.41) is 26.6. The zero-order valence-electron chi connectivity index (χ0n) is 14.2. The number of nitrogens with zero attached hydrogens (tertiary/aromatic N) is 2. The first kappa shape index (κ1) is 28.0. The number of pyridine rings is 2. The number of Topliss-reactive ketones (excluding diaryl/α,β-unsaturated/α-hetero) is 2. The van der Waals surface area contributed by atoms with Crippen LogP contribution in [0.15, 0.2) is 70.4 Å². The molecule has 4 N–H and O–H groups in total. The van der Waals surface area contributed by atoms with E-state index in [1.807, 2.05) is 36.4 Å². The van der Waals surface area contributed by atoms with Crippen molar-refractivity contribution in [3.8, 4) is 11.4 Å². The van der Waals surface area contributed by atoms with Crippen LogP contribution < -0.4 is 10.2 Å². The van der Waals surface area contributed by atoms with Gasteiger partial charge in [-0.15, -0.1) is 0 Å². The molecule has 3 rings (SSSR count). The zero-order valence-corrected chi connectivity index (χ0v) is 16.7. The molecule has 0 atom stereocenters. The molecule has 0 aliphatic heterocycles. The molecule has 2 heterocycles. The van der Waals surface area contributed by atoms with Crippen LogP contribution >= 0.6 is 23.2 Å². The Morgan fingerprint density at radius 2 is 1.11 bits per heavy atom. The van der Waals surface area contributed by atoms with E-state index in [0.29, 0.717) is 0 Å². The van der Waals surface area contributed by atoms with Crippen LogP contribution in [0.5, 0.6) is 0 Å². The molecule has 11 heteroatoms. The second-order valence-electron chi connectivity index (χ2n) is 4.37. The van der Waals surface area contributed by atoms with E-state index < -0.39 is 33.1 Å². The minimum atomic E-state index is -1.23. The van der Waals surface area contributed by atoms with Gasteiger partial charge in [0, 0.05) is 19.5 Å². The van der Waals surface area contributed by atoms with E-state index in [2.05, 4.69) is 9.97 Å². The van der Waals surface area contributed by atoms with E-state index in [0.717, 1.165) is 18.5 Å². The number of aromatic nitrogens is 2. The summed E-state index contributed by atoms with van der Waals surface area (Å²) >= 11 is 10.2. The van der Waals surface area contributed by atoms with Crippen molar-refractivity contribution in [1.29, 1.82) is 0 Å². The number of aliphatic hydroxyl groups excluding tert-OH is 1. The van der Waals surface area contributed by atoms with Crippen LogP contribution in [0.2, 0.25) is 0 Å². The molecule has 0 bridgehead atoms. The molecule has 153 valence electrons. The zero-order chi connectivity index (χ0) is 19.7. The van der Waals surface area contributed by atoms with Crippen molar-refractivity contribution >= 4 is 34.8 Å². The molecule has 28 heavy (non-hydrogen) atoms. The summed E-state index contributed by atoms with van der Waals surface area (Å²) in [4.78, 5) is 29.8. The summed E-state index contributed by atoms with van der Waals surface area (Å²) in [5.74, 6) is -4.92. The van der Waals surface area contributed by atoms with Gasteiger partial charge >= 0.3 is 17.1 Å². The SMILES string of the molecule is CO.O=C1C(=O)C(Cl)=C([O-])C([O-])=C1Cl.[Cu+2].[OH3+].c1ccc(-c2ccccn2)nc1. The number of ketones is 2. The molecule has 0 spiro atoms. The van der Waals surface area contributed by atoms with Gasteiger partial charge in [-0.2, -0.15) is 0 Å². The summed E-state index contributed by atoms with van der Waals surface area (Å²) in [6.45, 7) is 0. The van der Waals surface area contributed by atoms with Crippen molar-refractivity contribution in [1.82, 2.24) is 9.97 Å². The second kappa shape index (κ2) is 13.8. The van der Waals surface area contributed by atoms with E-state index in [4.69, 9.17) is 28.3 Å². The number of carbonyl (C=O) groups excluding carboxylic acids is 2. The molecule has 8 nitrogen and oxygen atoms in total. The van der Waals surface area contributed by atoms with Crippen LogP contribution in [0.1, 0.15) is 0 Å². The van der Waals surface area contributed by atoms with Crippen LogP contribution in [0.4, 0.5) is 0 Å². The Morgan fingerprint density at radius 3 is 1.36 bits per heavy atom. The number of allylic oxidation sites excluding steroid dienone is 2. The van der Waals surface area contributed by atoms with Gasteiger partial charge in [-0.1, -0.05) is 46.9 Å². The molecule has 1 radical (unpaired) electrons. The number of carbonyl (C=O) groups is 2. The number of rotatable bonds is 1. The van der Waals surface area contributed by atoms with Crippen molar-refractivity contribution in [2.75, 3.05) is 7.11 Å². The Bertz CT molecular complexity index is 759. The van der Waals surface area contributed by atoms with E-state index in [1.54, 1.807) is 12.4 Å². The molecule has 0 saturated heterocycles. The van der Waals surface area contributed by atoms with Gasteiger partial charge in [-0.25, -0.2) is 0 Å². The van der Waals surface area contributed by atoms with Crippen molar-refractivity contribution in [3.05, 3.63) is 70.4 Å². The third-order valence-corrected chi connectivity index (χ3v) is 3.49. The third kappa shape index (κ3) is 7.05. The number of hydrogen-bond donors (Lipinski definition) is 1. The van der Waals surface area contributed by atoms with Gasteiger partial charge in [0.2, 0.25) is 11.6 Å². The molecule has 0 saturated carbocycles. The molecular weight excluding hydrogens is 463 g/mol. The minimum absolute atomic E-state index is 0. The first-order valence-corrected chi connectivity index (χ1v) is 7.69. The number of hydrogen-bond acceptors (Lipinski definition) is 7. The first-order chi connectivity index (χ1) is 12.4. The molecule has 0 aromatic carbocycles. The minimum Gasteiger partial charge on any atom is -0.872 e. The van der Waals surface area contributed by atoms with Crippen LogP contribution in [0.25, 0.3) is 11.4 Å². The Balaban J connectivity index is 0. The van der Waals surface area contributed by atoms with E-state index in [9.17, 15) is 19.8 Å². The number of halogens is 2. The average molecular weight is 478 g/mol. The van der Waals surface area contributed by atoms with Gasteiger partial charge in [-0.05, 0) is 24.3 Å². The standard InChI is InChI=1S/C10H8N2.C6H2Cl2O4.CH4O.Cu.H2O/c1-3-7-11-9(5-1)10-6-2-4-8-12-10;7-1-3(9)5(11)2(8)6(12)4(1)10;1-2;;/h1-8H;9,11H;2H,1H3;;1H2/q;;;+2;/p-1. The smallest absolute Gasteiger partial charge is 0.872 e. The van der Waals surface area contributed by atoms with Gasteiger partial charge in [0.15, 0.2) is 0 Å². The molecule has 2 aromatic heterocycles. The van der Waals surface area contributed by atoms with Crippen LogP contribution in [-0.2, 0) is 32.1 Å². The van der Waals surface area contributed by atoms with Crippen LogP contribution in [0, 0.1) is 0 Å². The van der Waals surface area contributed by atoms with Crippen LogP contribution in [-0.4, -0.2) is 33.8 Å². The van der Waals surface area contributed by atoms with Crippen molar-refractivity contribution < 1.29 is 47.5 Å². The van der Waals surface area contributed by atoms with Crippen molar-refractivity contribution in [2.24, 2.45) is 0 Å². The quantitative estimate of drug-likeness (QED) is 0.253. The number of aliphatic hydroxyl groups is 1. The molecule has 0 fully saturated rings. The Morgan fingerprint density at radius 1 is 0.786 bits per heavy atom. The van der Waals surface area contributed by atoms with E-state index in [-0.39, 0.29) is 22.5 Å². The predicted octanol–water partition coefficient (Wildman–Crippen LogP) is -0.413. The normalized spacial score (nSPS) is 12.6. The molecule has 2 aromatic rings. The fraction of sp³-hybridized carbons (Fsp3) is 0.0588. The third-order valence-electron chi connectivity index (χ3n) is 2.80. The topological polar surface area (TPSA) is 159 Å². The molecule has 0 unspecified atom stereocenters. The molecule has 0 amide bonds. The van der Waals surface area contributed by atoms with Crippen LogP contribution in [0.3, 0.4) is 0 Å². The monoisotopic (exact) mass is 476 g/mol. The fourth-order valence-electron chi connectivity index (χ4n) is 1.63. The Labute approximate surface area is 180 Å². The van der Waals surface area contributed by atoms with Gasteiger partial charge in [0.1, 0.15) is 0 Å². The first-order valence-electron chi connectivity index (χ1n) is 6.93. The summed E-state index contributed by atoms with van der Waals surface area (Å²) < 4.78 is 0. The van der Waals surface area contributed by atoms with Gasteiger partial charge in [-0.3, -0.25) is 19.6 Å². The van der Waals surface area contributed by atoms with Gasteiger partial charge in [0.05, 0.1) is 21.5 Å². The summed E-state index contributed by atoms with van der Waals surface area (Å²) in [5.41, 5.74) is 1.83. The molecule has 1 aliphatic rings. The largest absolute Gasteiger partial charge is 2.00 e. The average Bonchev–Trinajstić information content (AvgIpc) is 2.72. The predicted molar refractivity (Wildman–Crippen MR) is 96.3 cm³/mol. The summed E-state index contributed by atoms with van der Waals surface area (Å²) in [6, 6.07) is 11.6. The van der Waals surface area contributed by atoms with Crippen molar-refractivity contribution in [3.63, 3.8) is 0 Å². The van der Waals surface area contributed by atoms with Gasteiger partial charge in [0.25, 0.3) is 0 Å². The molecule has 1 aliphatic carbocycles.